The summed E-state index contributed by atoms with van der Waals surface area (Å²) in [5.41, 5.74) is 4.44. The van der Waals surface area contributed by atoms with Gasteiger partial charge in [0.1, 0.15) is 0 Å². The third kappa shape index (κ3) is 5.09. The van der Waals surface area contributed by atoms with E-state index in [0.717, 1.165) is 54.8 Å². The molecule has 0 spiro atoms. The first-order chi connectivity index (χ1) is 16.0. The quantitative estimate of drug-likeness (QED) is 0.722. The maximum absolute atomic E-state index is 13.6. The van der Waals surface area contributed by atoms with Crippen molar-refractivity contribution in [2.45, 2.75) is 51.7 Å². The Morgan fingerprint density at radius 3 is 2.73 bits per heavy atom. The van der Waals surface area contributed by atoms with Gasteiger partial charge in [0.15, 0.2) is 0 Å². The van der Waals surface area contributed by atoms with E-state index in [1.54, 1.807) is 4.90 Å². The number of para-hydroxylation sites is 1. The third-order valence-electron chi connectivity index (χ3n) is 6.32. The van der Waals surface area contributed by atoms with Crippen LogP contribution in [0.25, 0.3) is 0 Å². The van der Waals surface area contributed by atoms with Crippen molar-refractivity contribution in [3.05, 3.63) is 59.7 Å². The number of aliphatic imine (C=N–C) groups is 1. The van der Waals surface area contributed by atoms with E-state index in [2.05, 4.69) is 22.6 Å². The Morgan fingerprint density at radius 1 is 1.15 bits per heavy atom. The molecule has 3 amide bonds. The Labute approximate surface area is 195 Å². The van der Waals surface area contributed by atoms with Crippen molar-refractivity contribution in [2.24, 2.45) is 4.99 Å². The number of hydrogen-bond acceptors (Lipinski definition) is 4. The van der Waals surface area contributed by atoms with Gasteiger partial charge >= 0.3 is 6.03 Å². The van der Waals surface area contributed by atoms with Crippen molar-refractivity contribution in [1.82, 2.24) is 10.2 Å². The van der Waals surface area contributed by atoms with E-state index in [-0.39, 0.29) is 11.9 Å². The number of nitrogens with one attached hydrogen (secondary N) is 2. The van der Waals surface area contributed by atoms with Gasteiger partial charge in [-0.2, -0.15) is 0 Å². The predicted octanol–water partition coefficient (Wildman–Crippen LogP) is 4.17. The number of urea groups is 1. The lowest BCUT2D eigenvalue weighted by Crippen LogP contribution is -2.49. The van der Waals surface area contributed by atoms with Gasteiger partial charge in [-0.25, -0.2) is 4.79 Å². The minimum absolute atomic E-state index is 0.110. The van der Waals surface area contributed by atoms with Gasteiger partial charge in [-0.05, 0) is 63.5 Å². The van der Waals surface area contributed by atoms with Crippen LogP contribution in [0, 0.1) is 6.92 Å². The van der Waals surface area contributed by atoms with Gasteiger partial charge in [-0.3, -0.25) is 14.7 Å². The fraction of sp³-hybridized carbons (Fsp3) is 0.423. The van der Waals surface area contributed by atoms with Crippen LogP contribution in [0.15, 0.2) is 53.5 Å². The van der Waals surface area contributed by atoms with Gasteiger partial charge in [0.25, 0.3) is 5.91 Å². The molecule has 2 unspecified atom stereocenters. The Balaban J connectivity index is 1.69. The molecular weight excluding hydrogens is 414 g/mol. The third-order valence-corrected chi connectivity index (χ3v) is 6.32. The number of aryl methyl sites for hydroxylation is 1. The first-order valence-electron chi connectivity index (χ1n) is 11.8. The number of piperidine rings is 1. The van der Waals surface area contributed by atoms with E-state index >= 15 is 0 Å². The van der Waals surface area contributed by atoms with Gasteiger partial charge in [0.2, 0.25) is 6.17 Å². The molecule has 2 N–H and O–H groups in total. The van der Waals surface area contributed by atoms with Crippen LogP contribution in [0.4, 0.5) is 16.2 Å². The number of carbonyl (C=O) groups is 2. The van der Waals surface area contributed by atoms with Crippen LogP contribution >= 0.6 is 0 Å². The van der Waals surface area contributed by atoms with Gasteiger partial charge in [-0.15, -0.1) is 0 Å². The first-order valence-corrected chi connectivity index (χ1v) is 11.8. The number of benzodiazepines with no additional fused rings is 1. The van der Waals surface area contributed by atoms with Crippen molar-refractivity contribution in [3.63, 3.8) is 0 Å². The zero-order valence-electron chi connectivity index (χ0n) is 19.7. The summed E-state index contributed by atoms with van der Waals surface area (Å²) in [6.07, 6.45) is 3.08. The van der Waals surface area contributed by atoms with E-state index in [1.807, 2.05) is 62.4 Å². The Hall–Kier alpha value is -3.19. The van der Waals surface area contributed by atoms with Gasteiger partial charge in [0, 0.05) is 17.8 Å². The maximum Gasteiger partial charge on any atom is 0.321 e. The van der Waals surface area contributed by atoms with Crippen LogP contribution in [-0.2, 0) is 4.79 Å². The summed E-state index contributed by atoms with van der Waals surface area (Å²) in [7, 11) is 2.11. The molecule has 0 saturated carbocycles. The number of carbonyl (C=O) groups excluding carboxylic acids is 2. The van der Waals surface area contributed by atoms with E-state index < -0.39 is 12.2 Å². The summed E-state index contributed by atoms with van der Waals surface area (Å²) in [6, 6.07) is 15.2. The summed E-state index contributed by atoms with van der Waals surface area (Å²) in [6.45, 7) is 5.57. The summed E-state index contributed by atoms with van der Waals surface area (Å²) in [4.78, 5) is 35.5. The van der Waals surface area contributed by atoms with Gasteiger partial charge in [0.05, 0.1) is 17.4 Å². The fourth-order valence-electron chi connectivity index (χ4n) is 4.70. The van der Waals surface area contributed by atoms with E-state index in [9.17, 15) is 9.59 Å². The molecule has 4 rings (SSSR count). The van der Waals surface area contributed by atoms with Crippen molar-refractivity contribution in [3.8, 4) is 0 Å². The Morgan fingerprint density at radius 2 is 1.97 bits per heavy atom. The monoisotopic (exact) mass is 447 g/mol. The molecule has 2 heterocycles. The molecular formula is C26H33N5O2. The molecule has 2 aliphatic heterocycles. The number of likely N-dealkylation sites (tertiary alicyclic amines) is 1. The summed E-state index contributed by atoms with van der Waals surface area (Å²) in [5, 5.41) is 5.68. The van der Waals surface area contributed by atoms with Crippen LogP contribution in [0.5, 0.6) is 0 Å². The summed E-state index contributed by atoms with van der Waals surface area (Å²) >= 11 is 0. The average molecular weight is 448 g/mol. The Kier molecular flexibility index (Phi) is 7.08. The van der Waals surface area contributed by atoms with Crippen molar-refractivity contribution >= 4 is 29.0 Å². The number of benzene rings is 2. The van der Waals surface area contributed by atoms with E-state index in [0.29, 0.717) is 12.2 Å². The predicted molar refractivity (Wildman–Crippen MR) is 133 cm³/mol. The molecule has 2 atom stereocenters. The highest BCUT2D eigenvalue weighted by atomic mass is 16.2. The molecule has 0 radical (unpaired) electrons. The molecule has 33 heavy (non-hydrogen) atoms. The molecule has 2 aliphatic rings. The highest BCUT2D eigenvalue weighted by Crippen LogP contribution is 2.30. The molecule has 0 aliphatic carbocycles. The van der Waals surface area contributed by atoms with Crippen LogP contribution in [-0.4, -0.2) is 54.9 Å². The second-order valence-electron chi connectivity index (χ2n) is 8.88. The smallest absolute Gasteiger partial charge is 0.308 e. The topological polar surface area (TPSA) is 77.0 Å². The highest BCUT2D eigenvalue weighted by molar-refractivity contribution is 6.15. The molecule has 0 bridgehead atoms. The SMILES string of the molecule is CCCN1C(=O)C(NC(=O)Nc2cccc(C)c2)N=C(C2CCCCN2C)c2ccccc21. The standard InChI is InChI=1S/C26H33N5O2/c1-4-15-31-21-13-6-5-12-20(21)23(22-14-7-8-16-30(22)3)28-24(25(31)32)29-26(33)27-19-11-9-10-18(2)17-19/h5-6,9-13,17,22,24H,4,7-8,14-16H2,1-3H3,(H2,27,29,33). The summed E-state index contributed by atoms with van der Waals surface area (Å²) in [5.74, 6) is -0.211. The minimum atomic E-state index is -0.987. The van der Waals surface area contributed by atoms with Gasteiger partial charge in [-0.1, -0.05) is 43.7 Å². The zero-order valence-corrected chi connectivity index (χ0v) is 19.7. The lowest BCUT2D eigenvalue weighted by atomic mass is 9.93. The number of fused-ring (bicyclic) bond motifs is 1. The second kappa shape index (κ2) is 10.2. The number of rotatable bonds is 5. The van der Waals surface area contributed by atoms with E-state index in [1.165, 1.54) is 0 Å². The van der Waals surface area contributed by atoms with Crippen LogP contribution in [0.1, 0.15) is 43.7 Å². The van der Waals surface area contributed by atoms with Gasteiger partial charge < -0.3 is 15.5 Å². The zero-order chi connectivity index (χ0) is 23.4. The molecule has 174 valence electrons. The number of likely N-dealkylation sites (N-methyl/N-ethyl adjacent to an activating group) is 1. The van der Waals surface area contributed by atoms with E-state index in [4.69, 9.17) is 4.99 Å². The number of amides is 3. The number of anilines is 2. The lowest BCUT2D eigenvalue weighted by molar-refractivity contribution is -0.120. The average Bonchev–Trinajstić information content (AvgIpc) is 2.90. The molecule has 2 aromatic rings. The second-order valence-corrected chi connectivity index (χ2v) is 8.88. The van der Waals surface area contributed by atoms with Crippen molar-refractivity contribution in [2.75, 3.05) is 30.4 Å². The molecule has 7 heteroatoms. The molecule has 2 aromatic carbocycles. The van der Waals surface area contributed by atoms with Crippen molar-refractivity contribution < 1.29 is 9.59 Å². The normalized spacial score (nSPS) is 21.1. The van der Waals surface area contributed by atoms with Crippen LogP contribution < -0.4 is 15.5 Å². The first kappa shape index (κ1) is 23.0. The molecule has 0 aromatic heterocycles. The molecule has 1 fully saturated rings. The number of hydrogen-bond donors (Lipinski definition) is 2. The Bertz CT molecular complexity index is 1050. The minimum Gasteiger partial charge on any atom is -0.308 e. The van der Waals surface area contributed by atoms with Crippen LogP contribution in [0.2, 0.25) is 0 Å². The lowest BCUT2D eigenvalue weighted by Gasteiger charge is -2.34. The molecule has 7 nitrogen and oxygen atoms in total. The maximum atomic E-state index is 13.6. The number of nitrogens with zero attached hydrogens (tertiary/aromatic N) is 3. The van der Waals surface area contributed by atoms with Crippen LogP contribution in [0.3, 0.4) is 0 Å². The fourth-order valence-corrected chi connectivity index (χ4v) is 4.70. The highest BCUT2D eigenvalue weighted by Gasteiger charge is 2.36. The molecule has 1 saturated heterocycles. The van der Waals surface area contributed by atoms with Crippen molar-refractivity contribution in [1.29, 1.82) is 0 Å². The summed E-state index contributed by atoms with van der Waals surface area (Å²) < 4.78 is 0. The largest absolute Gasteiger partial charge is 0.321 e.